The van der Waals surface area contributed by atoms with Gasteiger partial charge in [-0.25, -0.2) is 0 Å². The van der Waals surface area contributed by atoms with Crippen LogP contribution in [-0.4, -0.2) is 5.60 Å². The maximum absolute atomic E-state index is 5.84. The monoisotopic (exact) mass is 308 g/mol. The van der Waals surface area contributed by atoms with Crippen molar-refractivity contribution in [2.24, 2.45) is 0 Å². The van der Waals surface area contributed by atoms with Gasteiger partial charge in [0.05, 0.1) is 0 Å². The molecule has 0 aliphatic rings. The van der Waals surface area contributed by atoms with Crippen molar-refractivity contribution < 1.29 is 4.74 Å². The maximum atomic E-state index is 5.84. The Bertz CT molecular complexity index is 647. The van der Waals surface area contributed by atoms with Gasteiger partial charge in [-0.1, -0.05) is 69.3 Å². The molecule has 122 valence electrons. The highest BCUT2D eigenvalue weighted by atomic mass is 16.5. The summed E-state index contributed by atoms with van der Waals surface area (Å²) in [7, 11) is 0. The second-order valence-electron chi connectivity index (χ2n) is 7.99. The van der Waals surface area contributed by atoms with Crippen molar-refractivity contribution in [3.63, 3.8) is 0 Å². The van der Waals surface area contributed by atoms with Crippen LogP contribution in [0, 0.1) is 0 Å². The first-order valence-corrected chi connectivity index (χ1v) is 8.21. The number of hydrogen-bond acceptors (Lipinski definition) is 1. The second kappa shape index (κ2) is 6.62. The van der Waals surface area contributed by atoms with E-state index in [4.69, 9.17) is 4.74 Å². The zero-order chi connectivity index (χ0) is 17.1. The molecule has 0 atom stereocenters. The highest BCUT2D eigenvalue weighted by Crippen LogP contribution is 2.23. The molecule has 2 aromatic carbocycles. The Kier molecular flexibility index (Phi) is 4.99. The van der Waals surface area contributed by atoms with Crippen molar-refractivity contribution in [1.29, 1.82) is 0 Å². The third kappa shape index (κ3) is 5.59. The van der Waals surface area contributed by atoms with Crippen LogP contribution in [0.5, 0.6) is 5.75 Å². The zero-order valence-corrected chi connectivity index (χ0v) is 15.2. The molecule has 0 amide bonds. The van der Waals surface area contributed by atoms with Gasteiger partial charge < -0.3 is 4.74 Å². The first-order chi connectivity index (χ1) is 10.6. The van der Waals surface area contributed by atoms with E-state index in [-0.39, 0.29) is 11.0 Å². The van der Waals surface area contributed by atoms with E-state index >= 15 is 0 Å². The van der Waals surface area contributed by atoms with E-state index in [1.807, 2.05) is 12.1 Å². The topological polar surface area (TPSA) is 9.23 Å². The number of rotatable bonds is 3. The van der Waals surface area contributed by atoms with E-state index < -0.39 is 0 Å². The summed E-state index contributed by atoms with van der Waals surface area (Å²) in [4.78, 5) is 0. The Balaban J connectivity index is 2.05. The third-order valence-corrected chi connectivity index (χ3v) is 3.55. The Hall–Kier alpha value is -2.02. The van der Waals surface area contributed by atoms with E-state index in [1.54, 1.807) is 0 Å². The van der Waals surface area contributed by atoms with Crippen molar-refractivity contribution in [3.8, 4) is 5.75 Å². The Morgan fingerprint density at radius 1 is 0.652 bits per heavy atom. The van der Waals surface area contributed by atoms with Crippen LogP contribution in [0.1, 0.15) is 58.2 Å². The molecule has 0 bridgehead atoms. The van der Waals surface area contributed by atoms with E-state index in [1.165, 1.54) is 16.7 Å². The van der Waals surface area contributed by atoms with Crippen molar-refractivity contribution in [2.45, 2.75) is 52.6 Å². The van der Waals surface area contributed by atoms with Gasteiger partial charge in [-0.3, -0.25) is 0 Å². The summed E-state index contributed by atoms with van der Waals surface area (Å²) in [5.41, 5.74) is 3.79. The SMILES string of the molecule is CC(C)(C)Oc1ccc(/C=C/c2ccc(C(C)(C)C)cc2)cc1. The quantitative estimate of drug-likeness (QED) is 0.602. The molecule has 0 N–H and O–H groups in total. The lowest BCUT2D eigenvalue weighted by atomic mass is 9.87. The second-order valence-corrected chi connectivity index (χ2v) is 7.99. The number of benzene rings is 2. The summed E-state index contributed by atoms with van der Waals surface area (Å²) in [6, 6.07) is 17.0. The zero-order valence-electron chi connectivity index (χ0n) is 15.2. The van der Waals surface area contributed by atoms with Crippen molar-refractivity contribution in [1.82, 2.24) is 0 Å². The van der Waals surface area contributed by atoms with Crippen LogP contribution in [0.25, 0.3) is 12.2 Å². The van der Waals surface area contributed by atoms with Crippen LogP contribution in [0.4, 0.5) is 0 Å². The molecular formula is C22H28O. The molecule has 23 heavy (non-hydrogen) atoms. The van der Waals surface area contributed by atoms with Gasteiger partial charge in [0.15, 0.2) is 0 Å². The predicted octanol–water partition coefficient (Wildman–Crippen LogP) is 6.33. The van der Waals surface area contributed by atoms with Gasteiger partial charge in [0.2, 0.25) is 0 Å². The molecule has 0 spiro atoms. The molecule has 1 heteroatoms. The van der Waals surface area contributed by atoms with Crippen molar-refractivity contribution >= 4 is 12.2 Å². The van der Waals surface area contributed by atoms with E-state index in [0.717, 1.165) is 5.75 Å². The highest BCUT2D eigenvalue weighted by molar-refractivity contribution is 5.69. The van der Waals surface area contributed by atoms with Gasteiger partial charge in [-0.05, 0) is 55.0 Å². The molecule has 0 saturated heterocycles. The first kappa shape index (κ1) is 17.3. The summed E-state index contributed by atoms with van der Waals surface area (Å²) in [6.45, 7) is 12.9. The number of hydrogen-bond donors (Lipinski definition) is 0. The van der Waals surface area contributed by atoms with Gasteiger partial charge in [0, 0.05) is 0 Å². The van der Waals surface area contributed by atoms with Crippen LogP contribution < -0.4 is 4.74 Å². The molecule has 0 heterocycles. The number of ether oxygens (including phenoxy) is 1. The summed E-state index contributed by atoms with van der Waals surface area (Å²) in [5.74, 6) is 0.907. The molecule has 0 aliphatic heterocycles. The minimum absolute atomic E-state index is 0.161. The van der Waals surface area contributed by atoms with Gasteiger partial charge in [-0.2, -0.15) is 0 Å². The van der Waals surface area contributed by atoms with Crippen LogP contribution in [0.3, 0.4) is 0 Å². The summed E-state index contributed by atoms with van der Waals surface area (Å²) in [5, 5.41) is 0. The maximum Gasteiger partial charge on any atom is 0.120 e. The molecule has 2 aromatic rings. The lowest BCUT2D eigenvalue weighted by Crippen LogP contribution is -2.22. The predicted molar refractivity (Wildman–Crippen MR) is 101 cm³/mol. The molecule has 0 radical (unpaired) electrons. The van der Waals surface area contributed by atoms with Gasteiger partial charge in [0.25, 0.3) is 0 Å². The minimum Gasteiger partial charge on any atom is -0.488 e. The summed E-state index contributed by atoms with van der Waals surface area (Å²) < 4.78 is 5.84. The minimum atomic E-state index is -0.161. The highest BCUT2D eigenvalue weighted by Gasteiger charge is 2.12. The van der Waals surface area contributed by atoms with Crippen LogP contribution >= 0.6 is 0 Å². The smallest absolute Gasteiger partial charge is 0.120 e. The molecule has 2 rings (SSSR count). The average Bonchev–Trinajstić information content (AvgIpc) is 2.44. The van der Waals surface area contributed by atoms with Crippen LogP contribution in [0.15, 0.2) is 48.5 Å². The van der Waals surface area contributed by atoms with E-state index in [0.29, 0.717) is 0 Å². The Morgan fingerprint density at radius 3 is 1.48 bits per heavy atom. The largest absolute Gasteiger partial charge is 0.488 e. The normalized spacial score (nSPS) is 12.6. The van der Waals surface area contributed by atoms with Crippen molar-refractivity contribution in [2.75, 3.05) is 0 Å². The van der Waals surface area contributed by atoms with Gasteiger partial charge in [-0.15, -0.1) is 0 Å². The average molecular weight is 308 g/mol. The summed E-state index contributed by atoms with van der Waals surface area (Å²) in [6.07, 6.45) is 4.28. The van der Waals surface area contributed by atoms with Crippen LogP contribution in [-0.2, 0) is 5.41 Å². The molecule has 0 aliphatic carbocycles. The van der Waals surface area contributed by atoms with Gasteiger partial charge >= 0.3 is 0 Å². The Labute approximate surface area is 141 Å². The summed E-state index contributed by atoms with van der Waals surface area (Å²) >= 11 is 0. The standard InChI is InChI=1S/C22H28O/c1-21(2,3)19-13-9-17(10-14-19)7-8-18-11-15-20(16-12-18)23-22(4,5)6/h7-16H,1-6H3/b8-7+. The lowest BCUT2D eigenvalue weighted by molar-refractivity contribution is 0.131. The Morgan fingerprint density at radius 2 is 1.09 bits per heavy atom. The lowest BCUT2D eigenvalue weighted by Gasteiger charge is -2.21. The molecule has 0 unspecified atom stereocenters. The fourth-order valence-electron chi connectivity index (χ4n) is 2.29. The van der Waals surface area contributed by atoms with Crippen molar-refractivity contribution in [3.05, 3.63) is 65.2 Å². The van der Waals surface area contributed by atoms with Gasteiger partial charge in [0.1, 0.15) is 11.4 Å². The fraction of sp³-hybridized carbons (Fsp3) is 0.364. The third-order valence-electron chi connectivity index (χ3n) is 3.55. The van der Waals surface area contributed by atoms with E-state index in [2.05, 4.69) is 90.1 Å². The fourth-order valence-corrected chi connectivity index (χ4v) is 2.29. The molecule has 1 nitrogen and oxygen atoms in total. The molecule has 0 aromatic heterocycles. The first-order valence-electron chi connectivity index (χ1n) is 8.21. The molecule has 0 saturated carbocycles. The molecular weight excluding hydrogens is 280 g/mol. The van der Waals surface area contributed by atoms with Crippen LogP contribution in [0.2, 0.25) is 0 Å². The molecule has 0 fully saturated rings. The van der Waals surface area contributed by atoms with E-state index in [9.17, 15) is 0 Å².